The number of alkyl carbamates (subject to hydrolysis) is 1. The zero-order valence-corrected chi connectivity index (χ0v) is 16.5. The first-order chi connectivity index (χ1) is 12.0. The Labute approximate surface area is 162 Å². The van der Waals surface area contributed by atoms with Crippen LogP contribution in [-0.4, -0.2) is 37.2 Å². The predicted molar refractivity (Wildman–Crippen MR) is 98.2 cm³/mol. The number of nitrogens with one attached hydrogen (secondary N) is 2. The van der Waals surface area contributed by atoms with Crippen LogP contribution in [0.1, 0.15) is 38.8 Å². The lowest BCUT2D eigenvalue weighted by Gasteiger charge is -2.21. The molecule has 0 aliphatic heterocycles. The van der Waals surface area contributed by atoms with Crippen LogP contribution in [0.2, 0.25) is 10.0 Å². The van der Waals surface area contributed by atoms with Crippen LogP contribution in [0.15, 0.2) is 18.2 Å². The number of ether oxygens (including phenoxy) is 2. The smallest absolute Gasteiger partial charge is 0.408 e. The molecule has 7 nitrogen and oxygen atoms in total. The Kier molecular flexibility index (Phi) is 8.17. The maximum Gasteiger partial charge on any atom is 0.408 e. The number of halogens is 2. The van der Waals surface area contributed by atoms with Gasteiger partial charge < -0.3 is 20.1 Å². The van der Waals surface area contributed by atoms with Gasteiger partial charge >= 0.3 is 12.1 Å². The molecule has 2 N–H and O–H groups in total. The van der Waals surface area contributed by atoms with Crippen LogP contribution < -0.4 is 10.6 Å². The van der Waals surface area contributed by atoms with Gasteiger partial charge in [0.1, 0.15) is 12.1 Å². The minimum absolute atomic E-state index is 0.120. The molecule has 1 atom stereocenters. The van der Waals surface area contributed by atoms with Gasteiger partial charge in [0, 0.05) is 10.0 Å². The van der Waals surface area contributed by atoms with Crippen LogP contribution in [0.25, 0.3) is 0 Å². The maximum atomic E-state index is 12.1. The number of hydrogen-bond donors (Lipinski definition) is 2. The van der Waals surface area contributed by atoms with Crippen LogP contribution in [0.3, 0.4) is 0 Å². The lowest BCUT2D eigenvalue weighted by molar-refractivity contribution is -0.141. The molecular formula is C17H22Cl2N2O5. The number of esters is 1. The van der Waals surface area contributed by atoms with Gasteiger partial charge in [-0.15, -0.1) is 0 Å². The van der Waals surface area contributed by atoms with Gasteiger partial charge in [0.05, 0.1) is 19.6 Å². The molecule has 0 aliphatic rings. The number of carbonyl (C=O) groups is 3. The summed E-state index contributed by atoms with van der Waals surface area (Å²) >= 11 is 12.0. The van der Waals surface area contributed by atoms with Gasteiger partial charge in [-0.25, -0.2) is 4.79 Å². The highest BCUT2D eigenvalue weighted by molar-refractivity contribution is 6.34. The first-order valence-electron chi connectivity index (χ1n) is 7.79. The number of benzene rings is 1. The quantitative estimate of drug-likeness (QED) is 0.709. The third-order valence-corrected chi connectivity index (χ3v) is 3.45. The van der Waals surface area contributed by atoms with E-state index in [9.17, 15) is 14.4 Å². The van der Waals surface area contributed by atoms with Crippen molar-refractivity contribution in [1.82, 2.24) is 10.6 Å². The van der Waals surface area contributed by atoms with E-state index in [-0.39, 0.29) is 13.0 Å². The molecule has 0 spiro atoms. The number of methoxy groups -OCH3 is 1. The lowest BCUT2D eigenvalue weighted by Crippen LogP contribution is -2.41. The van der Waals surface area contributed by atoms with Crippen molar-refractivity contribution < 1.29 is 23.9 Å². The first kappa shape index (κ1) is 22.1. The third kappa shape index (κ3) is 8.40. The zero-order chi connectivity index (χ0) is 19.9. The molecule has 144 valence electrons. The molecule has 0 heterocycles. The molecule has 0 aliphatic carbocycles. The molecule has 0 saturated heterocycles. The van der Waals surface area contributed by atoms with Crippen molar-refractivity contribution in [3.8, 4) is 0 Å². The molecule has 1 aromatic carbocycles. The summed E-state index contributed by atoms with van der Waals surface area (Å²) < 4.78 is 9.70. The SMILES string of the molecule is COC(=O)C[C@H](NC(=O)CNC(=O)OC(C)(C)C)c1cc(Cl)cc(Cl)c1. The average molecular weight is 405 g/mol. The lowest BCUT2D eigenvalue weighted by atomic mass is 10.0. The fourth-order valence-corrected chi connectivity index (χ4v) is 2.53. The Hall–Kier alpha value is -1.99. The van der Waals surface area contributed by atoms with Gasteiger partial charge in [-0.05, 0) is 44.5 Å². The molecule has 0 saturated carbocycles. The molecule has 1 aromatic rings. The Morgan fingerprint density at radius 1 is 1.12 bits per heavy atom. The van der Waals surface area contributed by atoms with E-state index >= 15 is 0 Å². The summed E-state index contributed by atoms with van der Waals surface area (Å²) in [5, 5.41) is 5.72. The Morgan fingerprint density at radius 2 is 1.69 bits per heavy atom. The van der Waals surface area contributed by atoms with Gasteiger partial charge in [0.15, 0.2) is 0 Å². The summed E-state index contributed by atoms with van der Waals surface area (Å²) in [6.07, 6.45) is -0.839. The van der Waals surface area contributed by atoms with Crippen molar-refractivity contribution in [2.75, 3.05) is 13.7 Å². The van der Waals surface area contributed by atoms with Crippen molar-refractivity contribution in [2.45, 2.75) is 38.8 Å². The second-order valence-corrected chi connectivity index (χ2v) is 7.33. The molecule has 0 fully saturated rings. The van der Waals surface area contributed by atoms with E-state index < -0.39 is 29.6 Å². The molecule has 0 bridgehead atoms. The largest absolute Gasteiger partial charge is 0.469 e. The second kappa shape index (κ2) is 9.64. The van der Waals surface area contributed by atoms with E-state index in [1.807, 2.05) is 0 Å². The predicted octanol–water partition coefficient (Wildman–Crippen LogP) is 3.24. The van der Waals surface area contributed by atoms with E-state index in [1.165, 1.54) is 13.2 Å². The molecule has 0 aromatic heterocycles. The van der Waals surface area contributed by atoms with Gasteiger partial charge in [-0.3, -0.25) is 9.59 Å². The number of carbonyl (C=O) groups excluding carboxylic acids is 3. The molecule has 0 radical (unpaired) electrons. The number of rotatable bonds is 6. The summed E-state index contributed by atoms with van der Waals surface area (Å²) in [6.45, 7) is 4.81. The van der Waals surface area contributed by atoms with E-state index in [0.717, 1.165) is 0 Å². The van der Waals surface area contributed by atoms with Crippen LogP contribution in [0.5, 0.6) is 0 Å². The first-order valence-corrected chi connectivity index (χ1v) is 8.55. The Bertz CT molecular complexity index is 653. The van der Waals surface area contributed by atoms with Gasteiger partial charge in [-0.2, -0.15) is 0 Å². The van der Waals surface area contributed by atoms with Gasteiger partial charge in [0.25, 0.3) is 0 Å². The Morgan fingerprint density at radius 3 is 2.19 bits per heavy atom. The Balaban J connectivity index is 2.77. The van der Waals surface area contributed by atoms with Crippen LogP contribution in [0, 0.1) is 0 Å². The number of amides is 2. The number of hydrogen-bond acceptors (Lipinski definition) is 5. The maximum absolute atomic E-state index is 12.1. The van der Waals surface area contributed by atoms with Crippen LogP contribution >= 0.6 is 23.2 Å². The highest BCUT2D eigenvalue weighted by atomic mass is 35.5. The average Bonchev–Trinajstić information content (AvgIpc) is 2.49. The fourth-order valence-electron chi connectivity index (χ4n) is 1.99. The summed E-state index contributed by atoms with van der Waals surface area (Å²) in [5.74, 6) is -1.03. The monoisotopic (exact) mass is 404 g/mol. The normalized spacial score (nSPS) is 12.1. The van der Waals surface area contributed by atoms with Crippen molar-refractivity contribution in [3.63, 3.8) is 0 Å². The fraction of sp³-hybridized carbons (Fsp3) is 0.471. The highest BCUT2D eigenvalue weighted by Crippen LogP contribution is 2.25. The van der Waals surface area contributed by atoms with E-state index in [1.54, 1.807) is 32.9 Å². The van der Waals surface area contributed by atoms with Gasteiger partial charge in [0.2, 0.25) is 5.91 Å². The van der Waals surface area contributed by atoms with E-state index in [0.29, 0.717) is 15.6 Å². The van der Waals surface area contributed by atoms with E-state index in [2.05, 4.69) is 15.4 Å². The van der Waals surface area contributed by atoms with Crippen LogP contribution in [-0.2, 0) is 19.1 Å². The highest BCUT2D eigenvalue weighted by Gasteiger charge is 2.21. The summed E-state index contributed by atoms with van der Waals surface area (Å²) in [7, 11) is 1.25. The van der Waals surface area contributed by atoms with Crippen molar-refractivity contribution in [1.29, 1.82) is 0 Å². The molecule has 9 heteroatoms. The molecular weight excluding hydrogens is 383 g/mol. The second-order valence-electron chi connectivity index (χ2n) is 6.46. The molecule has 0 unspecified atom stereocenters. The summed E-state index contributed by atoms with van der Waals surface area (Å²) in [6, 6.07) is 3.99. The molecule has 26 heavy (non-hydrogen) atoms. The van der Waals surface area contributed by atoms with Crippen molar-refractivity contribution in [3.05, 3.63) is 33.8 Å². The molecule has 1 rings (SSSR count). The minimum Gasteiger partial charge on any atom is -0.469 e. The minimum atomic E-state index is -0.719. The summed E-state index contributed by atoms with van der Waals surface area (Å²) in [5.41, 5.74) is -0.135. The summed E-state index contributed by atoms with van der Waals surface area (Å²) in [4.78, 5) is 35.4. The van der Waals surface area contributed by atoms with Crippen molar-refractivity contribution >= 4 is 41.2 Å². The van der Waals surface area contributed by atoms with Crippen LogP contribution in [0.4, 0.5) is 4.79 Å². The third-order valence-electron chi connectivity index (χ3n) is 3.01. The molecule has 2 amide bonds. The van der Waals surface area contributed by atoms with E-state index in [4.69, 9.17) is 27.9 Å². The van der Waals surface area contributed by atoms with Gasteiger partial charge in [-0.1, -0.05) is 23.2 Å². The zero-order valence-electron chi connectivity index (χ0n) is 15.0. The van der Waals surface area contributed by atoms with Crippen molar-refractivity contribution in [2.24, 2.45) is 0 Å². The topological polar surface area (TPSA) is 93.7 Å². The standard InChI is InChI=1S/C17H22Cl2N2O5/c1-17(2,3)26-16(24)20-9-14(22)21-13(8-15(23)25-4)10-5-11(18)7-12(19)6-10/h5-7,13H,8-9H2,1-4H3,(H,20,24)(H,21,22)/t13-/m0/s1.